The van der Waals surface area contributed by atoms with E-state index in [0.717, 1.165) is 17.9 Å². The molecule has 0 unspecified atom stereocenters. The second kappa shape index (κ2) is 5.52. The lowest BCUT2D eigenvalue weighted by Gasteiger charge is -2.19. The number of nitrogens with zero attached hydrogens (tertiary/aromatic N) is 1. The van der Waals surface area contributed by atoms with Crippen LogP contribution >= 0.6 is 11.8 Å². The molecule has 0 aromatic carbocycles. The molecule has 0 saturated heterocycles. The highest BCUT2D eigenvalue weighted by Gasteiger charge is 2.18. The van der Waals surface area contributed by atoms with Crippen LogP contribution in [0.1, 0.15) is 12.1 Å². The van der Waals surface area contributed by atoms with Crippen molar-refractivity contribution in [2.45, 2.75) is 24.5 Å². The zero-order chi connectivity index (χ0) is 12.3. The SMILES string of the molecule is O=c1[nH]c(=O)n(COCCO)c2c1SCCC2. The smallest absolute Gasteiger partial charge is 0.330 e. The van der Waals surface area contributed by atoms with Gasteiger partial charge >= 0.3 is 5.69 Å². The van der Waals surface area contributed by atoms with E-state index in [9.17, 15) is 9.59 Å². The normalized spacial score (nSPS) is 14.6. The van der Waals surface area contributed by atoms with Crippen molar-refractivity contribution in [1.82, 2.24) is 9.55 Å². The summed E-state index contributed by atoms with van der Waals surface area (Å²) in [5, 5.41) is 8.62. The summed E-state index contributed by atoms with van der Waals surface area (Å²) in [5.74, 6) is 0.895. The Bertz CT molecular complexity index is 508. The van der Waals surface area contributed by atoms with Crippen LogP contribution in [-0.2, 0) is 17.9 Å². The Kier molecular flexibility index (Phi) is 4.03. The first kappa shape index (κ1) is 12.4. The molecule has 0 atom stereocenters. The van der Waals surface area contributed by atoms with E-state index in [1.165, 1.54) is 16.3 Å². The van der Waals surface area contributed by atoms with Gasteiger partial charge in [0, 0.05) is 5.69 Å². The first-order valence-electron chi connectivity index (χ1n) is 5.41. The van der Waals surface area contributed by atoms with Gasteiger partial charge in [-0.1, -0.05) is 0 Å². The predicted molar refractivity (Wildman–Crippen MR) is 63.4 cm³/mol. The maximum absolute atomic E-state index is 11.7. The van der Waals surface area contributed by atoms with Crippen molar-refractivity contribution in [3.8, 4) is 0 Å². The number of fused-ring (bicyclic) bond motifs is 1. The van der Waals surface area contributed by atoms with Crippen molar-refractivity contribution in [1.29, 1.82) is 0 Å². The zero-order valence-electron chi connectivity index (χ0n) is 9.27. The van der Waals surface area contributed by atoms with E-state index in [1.807, 2.05) is 0 Å². The van der Waals surface area contributed by atoms with Crippen LogP contribution in [0.3, 0.4) is 0 Å². The number of hydrogen-bond donors (Lipinski definition) is 2. The molecule has 0 spiro atoms. The molecule has 6 nitrogen and oxygen atoms in total. The molecule has 0 aliphatic carbocycles. The predicted octanol–water partition coefficient (Wildman–Crippen LogP) is -0.459. The molecule has 2 heterocycles. The van der Waals surface area contributed by atoms with Crippen molar-refractivity contribution in [2.75, 3.05) is 19.0 Å². The van der Waals surface area contributed by atoms with Crippen LogP contribution in [0.15, 0.2) is 14.5 Å². The number of aromatic amines is 1. The summed E-state index contributed by atoms with van der Waals surface area (Å²) in [6, 6.07) is 0. The average Bonchev–Trinajstić information content (AvgIpc) is 2.33. The molecule has 0 amide bonds. The summed E-state index contributed by atoms with van der Waals surface area (Å²) in [4.78, 5) is 26.2. The molecule has 1 aromatic rings. The van der Waals surface area contributed by atoms with E-state index in [2.05, 4.69) is 4.98 Å². The lowest BCUT2D eigenvalue weighted by Crippen LogP contribution is -2.36. The van der Waals surface area contributed by atoms with E-state index in [-0.39, 0.29) is 25.5 Å². The lowest BCUT2D eigenvalue weighted by atomic mass is 10.2. The fourth-order valence-corrected chi connectivity index (χ4v) is 2.82. The molecule has 1 aliphatic rings. The van der Waals surface area contributed by atoms with Crippen LogP contribution in [0.5, 0.6) is 0 Å². The van der Waals surface area contributed by atoms with Gasteiger partial charge in [0.25, 0.3) is 5.56 Å². The van der Waals surface area contributed by atoms with Crippen LogP contribution in [0.2, 0.25) is 0 Å². The fourth-order valence-electron chi connectivity index (χ4n) is 1.77. The van der Waals surface area contributed by atoms with Gasteiger partial charge in [-0.15, -0.1) is 11.8 Å². The third kappa shape index (κ3) is 2.62. The van der Waals surface area contributed by atoms with Crippen LogP contribution in [0, 0.1) is 0 Å². The van der Waals surface area contributed by atoms with Gasteiger partial charge in [-0.25, -0.2) is 4.79 Å². The average molecular weight is 258 g/mol. The molecule has 0 saturated carbocycles. The van der Waals surface area contributed by atoms with Gasteiger partial charge in [0.2, 0.25) is 0 Å². The van der Waals surface area contributed by atoms with Crippen LogP contribution in [0.4, 0.5) is 0 Å². The molecule has 0 fully saturated rings. The molecule has 17 heavy (non-hydrogen) atoms. The van der Waals surface area contributed by atoms with E-state index in [0.29, 0.717) is 11.3 Å². The molecule has 1 aromatic heterocycles. The zero-order valence-corrected chi connectivity index (χ0v) is 10.1. The summed E-state index contributed by atoms with van der Waals surface area (Å²) in [6.45, 7) is 0.154. The largest absolute Gasteiger partial charge is 0.394 e. The molecular weight excluding hydrogens is 244 g/mol. The third-order valence-electron chi connectivity index (χ3n) is 2.52. The van der Waals surface area contributed by atoms with Gasteiger partial charge in [-0.05, 0) is 18.6 Å². The van der Waals surface area contributed by atoms with E-state index >= 15 is 0 Å². The fraction of sp³-hybridized carbons (Fsp3) is 0.600. The number of H-pyrrole nitrogens is 1. The van der Waals surface area contributed by atoms with Gasteiger partial charge in [0.15, 0.2) is 0 Å². The van der Waals surface area contributed by atoms with Crippen molar-refractivity contribution >= 4 is 11.8 Å². The molecule has 94 valence electrons. The maximum atomic E-state index is 11.7. The van der Waals surface area contributed by atoms with Crippen LogP contribution in [-0.4, -0.2) is 33.6 Å². The monoisotopic (exact) mass is 258 g/mol. The Morgan fingerprint density at radius 2 is 2.29 bits per heavy atom. The Hall–Kier alpha value is -1.05. The first-order chi connectivity index (χ1) is 8.24. The van der Waals surface area contributed by atoms with Crippen molar-refractivity contribution in [3.05, 3.63) is 26.5 Å². The van der Waals surface area contributed by atoms with E-state index in [1.54, 1.807) is 0 Å². The highest BCUT2D eigenvalue weighted by Crippen LogP contribution is 2.25. The molecule has 2 N–H and O–H groups in total. The summed E-state index contributed by atoms with van der Waals surface area (Å²) >= 11 is 1.47. The highest BCUT2D eigenvalue weighted by molar-refractivity contribution is 7.99. The number of hydrogen-bond acceptors (Lipinski definition) is 5. The second-order valence-corrected chi connectivity index (χ2v) is 4.78. The summed E-state index contributed by atoms with van der Waals surface area (Å²) < 4.78 is 6.57. The molecule has 2 rings (SSSR count). The summed E-state index contributed by atoms with van der Waals surface area (Å²) in [6.07, 6.45) is 1.66. The Balaban J connectivity index is 2.36. The number of aromatic nitrogens is 2. The summed E-state index contributed by atoms with van der Waals surface area (Å²) in [7, 11) is 0. The summed E-state index contributed by atoms with van der Waals surface area (Å²) in [5.41, 5.74) is -0.0183. The van der Waals surface area contributed by atoms with E-state index in [4.69, 9.17) is 9.84 Å². The number of thioether (sulfide) groups is 1. The highest BCUT2D eigenvalue weighted by atomic mass is 32.2. The standard InChI is InChI=1S/C10H14N2O4S/c13-3-4-16-6-12-7-2-1-5-17-8(7)9(14)11-10(12)15/h13H,1-6H2,(H,11,14,15). The Labute approximate surface area is 102 Å². The number of nitrogens with one attached hydrogen (secondary N) is 1. The minimum Gasteiger partial charge on any atom is -0.394 e. The van der Waals surface area contributed by atoms with Crippen LogP contribution < -0.4 is 11.2 Å². The maximum Gasteiger partial charge on any atom is 0.330 e. The number of ether oxygens (including phenoxy) is 1. The van der Waals surface area contributed by atoms with Gasteiger partial charge < -0.3 is 9.84 Å². The molecular formula is C10H14N2O4S. The van der Waals surface area contributed by atoms with Gasteiger partial charge in [-0.3, -0.25) is 14.3 Å². The molecule has 0 bridgehead atoms. The number of aliphatic hydroxyl groups excluding tert-OH is 1. The Morgan fingerprint density at radius 3 is 3.06 bits per heavy atom. The van der Waals surface area contributed by atoms with Gasteiger partial charge in [0.1, 0.15) is 6.73 Å². The van der Waals surface area contributed by atoms with Crippen molar-refractivity contribution in [2.24, 2.45) is 0 Å². The van der Waals surface area contributed by atoms with Crippen molar-refractivity contribution < 1.29 is 9.84 Å². The first-order valence-corrected chi connectivity index (χ1v) is 6.40. The van der Waals surface area contributed by atoms with Gasteiger partial charge in [0.05, 0.1) is 18.1 Å². The number of aliphatic hydroxyl groups is 1. The quantitative estimate of drug-likeness (QED) is 0.714. The van der Waals surface area contributed by atoms with Gasteiger partial charge in [-0.2, -0.15) is 0 Å². The minimum atomic E-state index is -0.450. The second-order valence-electron chi connectivity index (χ2n) is 3.68. The minimum absolute atomic E-state index is 0.0685. The van der Waals surface area contributed by atoms with E-state index < -0.39 is 5.69 Å². The molecule has 7 heteroatoms. The topological polar surface area (TPSA) is 84.3 Å². The number of rotatable bonds is 4. The lowest BCUT2D eigenvalue weighted by molar-refractivity contribution is 0.0436. The van der Waals surface area contributed by atoms with Crippen molar-refractivity contribution in [3.63, 3.8) is 0 Å². The third-order valence-corrected chi connectivity index (χ3v) is 3.72. The molecule has 0 radical (unpaired) electrons. The van der Waals surface area contributed by atoms with Crippen LogP contribution in [0.25, 0.3) is 0 Å². The molecule has 1 aliphatic heterocycles. The Morgan fingerprint density at radius 1 is 1.47 bits per heavy atom.